The summed E-state index contributed by atoms with van der Waals surface area (Å²) in [5.41, 5.74) is 0.952. The summed E-state index contributed by atoms with van der Waals surface area (Å²) in [6, 6.07) is 9.65. The van der Waals surface area contributed by atoms with Gasteiger partial charge >= 0.3 is 10.3 Å². The molecule has 2 fully saturated rings. The summed E-state index contributed by atoms with van der Waals surface area (Å²) in [4.78, 5) is 0. The summed E-state index contributed by atoms with van der Waals surface area (Å²) in [5, 5.41) is 4.92. The van der Waals surface area contributed by atoms with Crippen LogP contribution in [0.15, 0.2) is 30.3 Å². The van der Waals surface area contributed by atoms with Gasteiger partial charge in [0.2, 0.25) is 0 Å². The van der Waals surface area contributed by atoms with Crippen LogP contribution >= 0.6 is 0 Å². The Morgan fingerprint density at radius 3 is 2.45 bits per heavy atom. The van der Waals surface area contributed by atoms with Gasteiger partial charge in [0.05, 0.1) is 6.61 Å². The molecule has 1 saturated heterocycles. The molecule has 1 saturated carbocycles. The zero-order valence-electron chi connectivity index (χ0n) is 12.3. The maximum Gasteiger partial charge on any atom is 0.333 e. The monoisotopic (exact) mass is 327 g/mol. The smallest absolute Gasteiger partial charge is 0.333 e. The molecule has 1 aliphatic carbocycles. The Bertz CT molecular complexity index is 598. The molecular weight excluding hydrogens is 306 g/mol. The summed E-state index contributed by atoms with van der Waals surface area (Å²) in [6.45, 7) is -0.139. The molecule has 2 N–H and O–H groups in total. The summed E-state index contributed by atoms with van der Waals surface area (Å²) in [7, 11) is -4.00. The van der Waals surface area contributed by atoms with Crippen LogP contribution in [0.4, 0.5) is 0 Å². The highest BCUT2D eigenvalue weighted by Crippen LogP contribution is 2.46. The van der Waals surface area contributed by atoms with Gasteiger partial charge in [-0.25, -0.2) is 5.14 Å². The molecule has 1 aromatic rings. The minimum atomic E-state index is -4.00. The normalized spacial score (nSPS) is 28.0. The lowest BCUT2D eigenvalue weighted by atomic mass is 9.94. The Morgan fingerprint density at radius 2 is 1.82 bits per heavy atom. The molecule has 122 valence electrons. The molecule has 1 aromatic carbocycles. The molecule has 2 atom stereocenters. The fraction of sp³-hybridized carbons (Fsp3) is 0.600. The zero-order valence-corrected chi connectivity index (χ0v) is 13.1. The third-order valence-corrected chi connectivity index (χ3v) is 4.65. The Kier molecular flexibility index (Phi) is 4.52. The maximum atomic E-state index is 11.1. The van der Waals surface area contributed by atoms with Gasteiger partial charge in [-0.1, -0.05) is 36.8 Å². The molecule has 1 aliphatic heterocycles. The number of hydrogen-bond acceptors (Lipinski definition) is 5. The van der Waals surface area contributed by atoms with E-state index in [2.05, 4.69) is 0 Å². The lowest BCUT2D eigenvalue weighted by Gasteiger charge is -2.32. The van der Waals surface area contributed by atoms with Crippen LogP contribution in [0.3, 0.4) is 0 Å². The number of benzene rings is 1. The number of ether oxygens (including phenoxy) is 2. The van der Waals surface area contributed by atoms with Crippen molar-refractivity contribution in [3.05, 3.63) is 35.9 Å². The Labute approximate surface area is 130 Å². The Balaban J connectivity index is 1.80. The first-order valence-electron chi connectivity index (χ1n) is 7.55. The molecule has 0 bridgehead atoms. The predicted molar refractivity (Wildman–Crippen MR) is 80.0 cm³/mol. The van der Waals surface area contributed by atoms with Gasteiger partial charge in [0.25, 0.3) is 0 Å². The Hall–Kier alpha value is -0.990. The van der Waals surface area contributed by atoms with E-state index in [-0.39, 0.29) is 12.7 Å². The fourth-order valence-corrected chi connectivity index (χ4v) is 3.53. The first-order chi connectivity index (χ1) is 10.5. The summed E-state index contributed by atoms with van der Waals surface area (Å²) >= 11 is 0. The second kappa shape index (κ2) is 6.25. The van der Waals surface area contributed by atoms with Crippen LogP contribution in [-0.4, -0.2) is 26.9 Å². The molecule has 0 radical (unpaired) electrons. The van der Waals surface area contributed by atoms with Gasteiger partial charge in [0, 0.05) is 12.8 Å². The van der Waals surface area contributed by atoms with Crippen LogP contribution in [0.1, 0.15) is 43.8 Å². The van der Waals surface area contributed by atoms with Crippen molar-refractivity contribution >= 4 is 10.3 Å². The van der Waals surface area contributed by atoms with Crippen molar-refractivity contribution in [1.82, 2.24) is 0 Å². The molecular formula is C15H21NO5S. The first-order valence-corrected chi connectivity index (χ1v) is 9.02. The van der Waals surface area contributed by atoms with Crippen molar-refractivity contribution in [2.75, 3.05) is 6.61 Å². The van der Waals surface area contributed by atoms with E-state index in [0.717, 1.165) is 31.2 Å². The summed E-state index contributed by atoms with van der Waals surface area (Å²) in [5.74, 6) is -0.620. The summed E-state index contributed by atoms with van der Waals surface area (Å²) in [6.07, 6.45) is 4.07. The molecule has 22 heavy (non-hydrogen) atoms. The van der Waals surface area contributed by atoms with Crippen molar-refractivity contribution < 1.29 is 22.1 Å². The number of rotatable bonds is 4. The van der Waals surface area contributed by atoms with E-state index in [1.54, 1.807) is 0 Å². The van der Waals surface area contributed by atoms with Crippen LogP contribution < -0.4 is 5.14 Å². The topological polar surface area (TPSA) is 87.9 Å². The standard InChI is InChI=1S/C15H21NO5S/c16-22(17,18)19-11-13-14(12-7-3-1-4-8-12)21-15(20-13)9-5-2-6-10-15/h1,3-4,7-8,13-14H,2,5-6,9-11H2,(H2,16,17,18)/t13-,14-/m1/s1. The van der Waals surface area contributed by atoms with Crippen molar-refractivity contribution in [3.8, 4) is 0 Å². The maximum absolute atomic E-state index is 11.1. The third kappa shape index (κ3) is 3.67. The average molecular weight is 327 g/mol. The predicted octanol–water partition coefficient (Wildman–Crippen LogP) is 2.02. The second-order valence-electron chi connectivity index (χ2n) is 5.85. The highest BCUT2D eigenvalue weighted by molar-refractivity contribution is 7.84. The molecule has 0 aromatic heterocycles. The first kappa shape index (κ1) is 15.9. The van der Waals surface area contributed by atoms with Gasteiger partial charge in [-0.05, 0) is 18.4 Å². The van der Waals surface area contributed by atoms with E-state index in [0.29, 0.717) is 0 Å². The van der Waals surface area contributed by atoms with Crippen LogP contribution in [-0.2, 0) is 24.0 Å². The lowest BCUT2D eigenvalue weighted by Crippen LogP contribution is -2.34. The lowest BCUT2D eigenvalue weighted by molar-refractivity contribution is -0.196. The van der Waals surface area contributed by atoms with Crippen LogP contribution in [0.5, 0.6) is 0 Å². The van der Waals surface area contributed by atoms with E-state index >= 15 is 0 Å². The molecule has 1 spiro atoms. The van der Waals surface area contributed by atoms with Gasteiger partial charge in [0.15, 0.2) is 5.79 Å². The SMILES string of the molecule is NS(=O)(=O)OC[C@H]1OC2(CCCCC2)O[C@@H]1c1ccccc1. The van der Waals surface area contributed by atoms with E-state index in [1.165, 1.54) is 6.42 Å². The van der Waals surface area contributed by atoms with Crippen molar-refractivity contribution in [3.63, 3.8) is 0 Å². The van der Waals surface area contributed by atoms with Crippen LogP contribution in [0, 0.1) is 0 Å². The van der Waals surface area contributed by atoms with Gasteiger partial charge in [-0.3, -0.25) is 4.18 Å². The molecule has 1 heterocycles. The van der Waals surface area contributed by atoms with Gasteiger partial charge in [-0.15, -0.1) is 0 Å². The van der Waals surface area contributed by atoms with Crippen molar-refractivity contribution in [1.29, 1.82) is 0 Å². The molecule has 3 rings (SSSR count). The largest absolute Gasteiger partial charge is 0.341 e. The molecule has 7 heteroatoms. The van der Waals surface area contributed by atoms with Gasteiger partial charge in [-0.2, -0.15) is 8.42 Å². The molecule has 0 unspecified atom stereocenters. The Morgan fingerprint density at radius 1 is 1.14 bits per heavy atom. The second-order valence-corrected chi connectivity index (χ2v) is 7.08. The van der Waals surface area contributed by atoms with Crippen LogP contribution in [0.2, 0.25) is 0 Å². The average Bonchev–Trinajstić information content (AvgIpc) is 2.85. The minimum Gasteiger partial charge on any atom is -0.341 e. The highest BCUT2D eigenvalue weighted by atomic mass is 32.2. The highest BCUT2D eigenvalue weighted by Gasteiger charge is 2.48. The number of nitrogens with two attached hydrogens (primary N) is 1. The van der Waals surface area contributed by atoms with Crippen molar-refractivity contribution in [2.45, 2.75) is 50.1 Å². The van der Waals surface area contributed by atoms with E-state index < -0.39 is 22.2 Å². The van der Waals surface area contributed by atoms with E-state index in [4.69, 9.17) is 18.8 Å². The molecule has 2 aliphatic rings. The van der Waals surface area contributed by atoms with Gasteiger partial charge in [0.1, 0.15) is 12.2 Å². The minimum absolute atomic E-state index is 0.139. The fourth-order valence-electron chi connectivity index (χ4n) is 3.21. The summed E-state index contributed by atoms with van der Waals surface area (Å²) < 4.78 is 39.2. The third-order valence-electron chi connectivity index (χ3n) is 4.19. The number of hydrogen-bond donors (Lipinski definition) is 1. The van der Waals surface area contributed by atoms with Crippen LogP contribution in [0.25, 0.3) is 0 Å². The van der Waals surface area contributed by atoms with Crippen molar-refractivity contribution in [2.24, 2.45) is 5.14 Å². The molecule has 6 nitrogen and oxygen atoms in total. The quantitative estimate of drug-likeness (QED) is 0.914. The van der Waals surface area contributed by atoms with Gasteiger partial charge < -0.3 is 9.47 Å². The van der Waals surface area contributed by atoms with E-state index in [1.807, 2.05) is 30.3 Å². The zero-order chi connectivity index (χ0) is 15.6. The molecule has 0 amide bonds. The van der Waals surface area contributed by atoms with E-state index in [9.17, 15) is 8.42 Å².